The fourth-order valence-electron chi connectivity index (χ4n) is 0.293. The molecule has 0 aliphatic heterocycles. The maximum atomic E-state index is 10.2. The summed E-state index contributed by atoms with van der Waals surface area (Å²) in [5.41, 5.74) is 0. The molecule has 1 atom stereocenters. The fraction of sp³-hybridized carbons (Fsp3) is 0.500. The van der Waals surface area contributed by atoms with Crippen LogP contribution in [0.3, 0.4) is 0 Å². The van der Waals surface area contributed by atoms with E-state index in [1.807, 2.05) is 0 Å². The molecule has 0 heterocycles. The van der Waals surface area contributed by atoms with Gasteiger partial charge in [0.2, 0.25) is 0 Å². The Kier molecular flexibility index (Phi) is 8.47. The Hall–Kier alpha value is 0.120. The van der Waals surface area contributed by atoms with Crippen LogP contribution in [0, 0.1) is 0 Å². The Bertz CT molecular complexity index is 149. The summed E-state index contributed by atoms with van der Waals surface area (Å²) in [6.45, 7) is 0. The summed E-state index contributed by atoms with van der Waals surface area (Å²) in [7, 11) is 0. The SMILES string of the molecule is NOC(=O)CC(O)C(=O)O.[CaH2]. The molecule has 0 fully saturated rings. The molecule has 7 heteroatoms. The summed E-state index contributed by atoms with van der Waals surface area (Å²) in [4.78, 5) is 23.6. The normalized spacial score (nSPS) is 11.1. The molecule has 4 N–H and O–H groups in total. The Morgan fingerprint density at radius 1 is 1.55 bits per heavy atom. The van der Waals surface area contributed by atoms with Crippen LogP contribution in [0.2, 0.25) is 0 Å². The number of carboxylic acid groups (broad SMARTS) is 1. The van der Waals surface area contributed by atoms with Crippen molar-refractivity contribution in [2.45, 2.75) is 12.5 Å². The minimum atomic E-state index is -1.74. The van der Waals surface area contributed by atoms with Crippen LogP contribution in [0.25, 0.3) is 0 Å². The summed E-state index contributed by atoms with van der Waals surface area (Å²) in [5, 5.41) is 16.5. The van der Waals surface area contributed by atoms with Gasteiger partial charge in [-0.2, -0.15) is 5.90 Å². The molecule has 0 spiro atoms. The number of hydrogen-bond donors (Lipinski definition) is 3. The van der Waals surface area contributed by atoms with E-state index < -0.39 is 24.5 Å². The third-order valence-corrected chi connectivity index (χ3v) is 0.777. The molecule has 0 rings (SSSR count). The summed E-state index contributed by atoms with van der Waals surface area (Å²) in [6.07, 6.45) is -2.37. The van der Waals surface area contributed by atoms with E-state index in [-0.39, 0.29) is 37.7 Å². The number of carboxylic acids is 1. The van der Waals surface area contributed by atoms with Gasteiger partial charge in [0, 0.05) is 0 Å². The van der Waals surface area contributed by atoms with Crippen LogP contribution in [0.1, 0.15) is 6.42 Å². The topological polar surface area (TPSA) is 110 Å². The zero-order valence-corrected chi connectivity index (χ0v) is 4.98. The Morgan fingerprint density at radius 3 is 2.27 bits per heavy atom. The molecule has 0 aromatic carbocycles. The molecule has 0 saturated carbocycles. The molecule has 6 nitrogen and oxygen atoms in total. The quantitative estimate of drug-likeness (QED) is 0.331. The van der Waals surface area contributed by atoms with Crippen molar-refractivity contribution in [1.29, 1.82) is 0 Å². The van der Waals surface area contributed by atoms with Crippen LogP contribution in [0.15, 0.2) is 0 Å². The van der Waals surface area contributed by atoms with Crippen molar-refractivity contribution < 1.29 is 24.6 Å². The van der Waals surface area contributed by atoms with Crippen molar-refractivity contribution >= 4 is 49.7 Å². The van der Waals surface area contributed by atoms with Gasteiger partial charge in [-0.3, -0.25) is 4.79 Å². The number of aliphatic carboxylic acids is 1. The molecule has 1 unspecified atom stereocenters. The van der Waals surface area contributed by atoms with Crippen molar-refractivity contribution in [1.82, 2.24) is 0 Å². The zero-order chi connectivity index (χ0) is 8.15. The van der Waals surface area contributed by atoms with Crippen LogP contribution >= 0.6 is 0 Å². The average molecular weight is 191 g/mol. The van der Waals surface area contributed by atoms with Crippen molar-refractivity contribution in [2.24, 2.45) is 5.90 Å². The molecular weight excluding hydrogens is 182 g/mol. The Morgan fingerprint density at radius 2 is 2.00 bits per heavy atom. The van der Waals surface area contributed by atoms with Crippen molar-refractivity contribution in [3.63, 3.8) is 0 Å². The zero-order valence-electron chi connectivity index (χ0n) is 4.98. The van der Waals surface area contributed by atoms with E-state index in [1.54, 1.807) is 0 Å². The molecule has 0 aliphatic rings. The van der Waals surface area contributed by atoms with E-state index in [1.165, 1.54) is 0 Å². The van der Waals surface area contributed by atoms with Crippen LogP contribution < -0.4 is 5.90 Å². The van der Waals surface area contributed by atoms with Gasteiger partial charge in [-0.25, -0.2) is 4.79 Å². The van der Waals surface area contributed by atoms with Gasteiger partial charge in [-0.15, -0.1) is 0 Å². The average Bonchev–Trinajstić information content (AvgIpc) is 1.87. The van der Waals surface area contributed by atoms with E-state index in [0.717, 1.165) is 0 Å². The molecule has 0 radical (unpaired) electrons. The van der Waals surface area contributed by atoms with E-state index in [2.05, 4.69) is 10.7 Å². The van der Waals surface area contributed by atoms with Gasteiger partial charge in [-0.05, 0) is 0 Å². The number of nitrogens with two attached hydrogens (primary N) is 1. The molecule has 0 bridgehead atoms. The second-order valence-electron chi connectivity index (χ2n) is 1.55. The third-order valence-electron chi connectivity index (χ3n) is 0.777. The van der Waals surface area contributed by atoms with Crippen LogP contribution in [0.5, 0.6) is 0 Å². The molecule has 62 valence electrons. The van der Waals surface area contributed by atoms with Crippen molar-refractivity contribution in [2.75, 3.05) is 0 Å². The summed E-state index contributed by atoms with van der Waals surface area (Å²) in [5.74, 6) is 1.92. The van der Waals surface area contributed by atoms with Crippen molar-refractivity contribution in [3.05, 3.63) is 0 Å². The van der Waals surface area contributed by atoms with Gasteiger partial charge in [-0.1, -0.05) is 0 Å². The standard InChI is InChI=1S/C4H7NO5.Ca.2H/c5-10-3(7)1-2(6)4(8)9;;;/h2,6H,1,5H2,(H,8,9);;;. The first-order chi connectivity index (χ1) is 4.57. The predicted molar refractivity (Wildman–Crippen MR) is 37.1 cm³/mol. The molecule has 0 amide bonds. The Labute approximate surface area is 92.3 Å². The van der Waals surface area contributed by atoms with E-state index in [0.29, 0.717) is 0 Å². The summed E-state index contributed by atoms with van der Waals surface area (Å²) < 4.78 is 0. The number of rotatable bonds is 3. The molecule has 0 aromatic heterocycles. The van der Waals surface area contributed by atoms with E-state index in [9.17, 15) is 9.59 Å². The number of aliphatic hydroxyl groups is 1. The van der Waals surface area contributed by atoms with Gasteiger partial charge >= 0.3 is 49.7 Å². The van der Waals surface area contributed by atoms with Gasteiger partial charge < -0.3 is 15.1 Å². The van der Waals surface area contributed by atoms with Gasteiger partial charge in [0.25, 0.3) is 0 Å². The summed E-state index contributed by atoms with van der Waals surface area (Å²) >= 11 is 0. The van der Waals surface area contributed by atoms with Crippen LogP contribution in [-0.4, -0.2) is 66.0 Å². The molecule has 11 heavy (non-hydrogen) atoms. The first-order valence-electron chi connectivity index (χ1n) is 2.38. The number of aliphatic hydroxyl groups excluding tert-OH is 1. The number of carbonyl (C=O) groups excluding carboxylic acids is 1. The number of hydrogen-bond acceptors (Lipinski definition) is 5. The second-order valence-corrected chi connectivity index (χ2v) is 1.55. The maximum absolute atomic E-state index is 10.2. The van der Waals surface area contributed by atoms with Gasteiger partial charge in [0.05, 0.1) is 6.42 Å². The fourth-order valence-corrected chi connectivity index (χ4v) is 0.293. The third kappa shape index (κ3) is 6.52. The van der Waals surface area contributed by atoms with Crippen LogP contribution in [-0.2, 0) is 14.4 Å². The van der Waals surface area contributed by atoms with Crippen molar-refractivity contribution in [3.8, 4) is 0 Å². The van der Waals surface area contributed by atoms with Crippen LogP contribution in [0.4, 0.5) is 0 Å². The molecular formula is C4H9CaNO5. The number of carbonyl (C=O) groups is 2. The Balaban J connectivity index is 0. The van der Waals surface area contributed by atoms with E-state index in [4.69, 9.17) is 10.2 Å². The predicted octanol–water partition coefficient (Wildman–Crippen LogP) is -2.68. The first kappa shape index (κ1) is 13.7. The van der Waals surface area contributed by atoms with Gasteiger partial charge in [0.1, 0.15) is 0 Å². The second kappa shape index (κ2) is 6.81. The van der Waals surface area contributed by atoms with E-state index >= 15 is 0 Å². The monoisotopic (exact) mass is 191 g/mol. The molecule has 0 aromatic rings. The molecule has 0 saturated heterocycles. The van der Waals surface area contributed by atoms with Gasteiger partial charge in [0.15, 0.2) is 6.10 Å². The minimum absolute atomic E-state index is 0. The first-order valence-corrected chi connectivity index (χ1v) is 2.38. The summed E-state index contributed by atoms with van der Waals surface area (Å²) in [6, 6.07) is 0. The molecule has 0 aliphatic carbocycles.